The summed E-state index contributed by atoms with van der Waals surface area (Å²) in [6, 6.07) is 5.29. The highest BCUT2D eigenvalue weighted by atomic mass is 16.5. The van der Waals surface area contributed by atoms with Crippen LogP contribution >= 0.6 is 0 Å². The second-order valence-corrected chi connectivity index (χ2v) is 9.40. The van der Waals surface area contributed by atoms with Gasteiger partial charge >= 0.3 is 5.97 Å². The van der Waals surface area contributed by atoms with E-state index >= 15 is 0 Å². The lowest BCUT2D eigenvalue weighted by molar-refractivity contribution is -0.143. The highest BCUT2D eigenvalue weighted by molar-refractivity contribution is 5.76. The molecule has 0 aliphatic carbocycles. The van der Waals surface area contributed by atoms with Gasteiger partial charge in [-0.25, -0.2) is 4.98 Å². The number of hydrogen-bond donors (Lipinski definition) is 2. The molecule has 0 radical (unpaired) electrons. The van der Waals surface area contributed by atoms with E-state index in [1.54, 1.807) is 18.5 Å². The van der Waals surface area contributed by atoms with E-state index < -0.39 is 12.0 Å². The quantitative estimate of drug-likeness (QED) is 0.480. The Morgan fingerprint density at radius 3 is 3.00 bits per heavy atom. The summed E-state index contributed by atoms with van der Waals surface area (Å²) in [4.78, 5) is 23.1. The first-order valence-corrected chi connectivity index (χ1v) is 12.4. The number of carbonyl (C=O) groups is 1. The fraction of sp³-hybridized carbons (Fsp3) is 0.577. The van der Waals surface area contributed by atoms with E-state index in [0.717, 1.165) is 50.2 Å². The van der Waals surface area contributed by atoms with Crippen molar-refractivity contribution in [2.45, 2.75) is 70.6 Å². The third-order valence-corrected chi connectivity index (χ3v) is 6.38. The maximum atomic E-state index is 12.2. The third kappa shape index (κ3) is 6.24. The van der Waals surface area contributed by atoms with Crippen molar-refractivity contribution in [1.82, 2.24) is 14.9 Å². The van der Waals surface area contributed by atoms with Gasteiger partial charge in [0.05, 0.1) is 12.2 Å². The van der Waals surface area contributed by atoms with Crippen molar-refractivity contribution < 1.29 is 19.4 Å². The van der Waals surface area contributed by atoms with Crippen LogP contribution in [0.2, 0.25) is 0 Å². The molecule has 184 valence electrons. The van der Waals surface area contributed by atoms with Crippen LogP contribution in [0.5, 0.6) is 5.75 Å². The zero-order chi connectivity index (χ0) is 23.9. The summed E-state index contributed by atoms with van der Waals surface area (Å²) in [7, 11) is 0. The van der Waals surface area contributed by atoms with Gasteiger partial charge in [0.2, 0.25) is 0 Å². The fourth-order valence-electron chi connectivity index (χ4n) is 4.74. The Morgan fingerprint density at radius 1 is 1.29 bits per heavy atom. The standard InChI is InChI=1S/C26H36N4O4/c1-18(2)34-23-10-13-27-16-22(23)24(26(31)32)30-14-11-21(17-30)33-15-4-3-7-20-9-8-19-6-5-12-28-25(19)29-20/h8-10,13,16,18,21,24H,3-7,11-12,14-15,17H2,1-2H3,(H,28,29)(H,31,32). The van der Waals surface area contributed by atoms with Crippen molar-refractivity contribution in [3.63, 3.8) is 0 Å². The smallest absolute Gasteiger partial charge is 0.325 e. The normalized spacial score (nSPS) is 19.0. The molecular formula is C26H36N4O4. The van der Waals surface area contributed by atoms with E-state index in [4.69, 9.17) is 14.5 Å². The Hall–Kier alpha value is -2.71. The summed E-state index contributed by atoms with van der Waals surface area (Å²) >= 11 is 0. The van der Waals surface area contributed by atoms with Gasteiger partial charge in [0.25, 0.3) is 0 Å². The van der Waals surface area contributed by atoms with Crippen molar-refractivity contribution in [1.29, 1.82) is 0 Å². The number of aliphatic carboxylic acids is 1. The molecule has 2 N–H and O–H groups in total. The number of fused-ring (bicyclic) bond motifs is 1. The predicted molar refractivity (Wildman–Crippen MR) is 130 cm³/mol. The minimum absolute atomic E-state index is 0.0408. The Bertz CT molecular complexity index is 968. The molecule has 2 atom stereocenters. The van der Waals surface area contributed by atoms with Crippen LogP contribution in [0.15, 0.2) is 30.6 Å². The summed E-state index contributed by atoms with van der Waals surface area (Å²) in [5.41, 5.74) is 3.04. The average molecular weight is 469 g/mol. The number of nitrogens with zero attached hydrogens (tertiary/aromatic N) is 3. The minimum atomic E-state index is -0.894. The number of likely N-dealkylation sites (tertiary alicyclic amines) is 1. The molecule has 1 saturated heterocycles. The molecule has 2 unspecified atom stereocenters. The average Bonchev–Trinajstić information content (AvgIpc) is 3.27. The minimum Gasteiger partial charge on any atom is -0.491 e. The SMILES string of the molecule is CC(C)Oc1ccncc1C(C(=O)O)N1CCC(OCCCCc2ccc3c(n2)NCCC3)C1. The number of aryl methyl sites for hydroxylation is 2. The number of nitrogens with one attached hydrogen (secondary N) is 1. The first kappa shape index (κ1) is 24.4. The maximum Gasteiger partial charge on any atom is 0.325 e. The molecule has 0 bridgehead atoms. The van der Waals surface area contributed by atoms with Gasteiger partial charge in [0.15, 0.2) is 0 Å². The van der Waals surface area contributed by atoms with Crippen LogP contribution in [0, 0.1) is 0 Å². The van der Waals surface area contributed by atoms with Crippen molar-refractivity contribution in [3.8, 4) is 5.75 Å². The molecule has 4 heterocycles. The number of aromatic nitrogens is 2. The number of ether oxygens (including phenoxy) is 2. The topological polar surface area (TPSA) is 96.8 Å². The summed E-state index contributed by atoms with van der Waals surface area (Å²) in [5, 5.41) is 13.4. The number of rotatable bonds is 11. The number of anilines is 1. The molecule has 34 heavy (non-hydrogen) atoms. The molecule has 1 fully saturated rings. The number of unbranched alkanes of at least 4 members (excludes halogenated alkanes) is 1. The molecule has 8 heteroatoms. The van der Waals surface area contributed by atoms with Crippen molar-refractivity contribution in [2.24, 2.45) is 0 Å². The molecule has 2 aromatic rings. The van der Waals surface area contributed by atoms with Gasteiger partial charge in [-0.15, -0.1) is 0 Å². The number of carboxylic acids is 1. The molecule has 0 spiro atoms. The lowest BCUT2D eigenvalue weighted by Crippen LogP contribution is -2.34. The van der Waals surface area contributed by atoms with Crippen LogP contribution in [0.1, 0.15) is 62.4 Å². The first-order valence-electron chi connectivity index (χ1n) is 12.4. The van der Waals surface area contributed by atoms with Gasteiger partial charge in [-0.1, -0.05) is 6.07 Å². The van der Waals surface area contributed by atoms with E-state index in [-0.39, 0.29) is 12.2 Å². The van der Waals surface area contributed by atoms with Crippen LogP contribution in [0.4, 0.5) is 5.82 Å². The Kier molecular flexibility index (Phi) is 8.34. The van der Waals surface area contributed by atoms with Gasteiger partial charge in [-0.05, 0) is 70.1 Å². The highest BCUT2D eigenvalue weighted by Gasteiger charge is 2.36. The largest absolute Gasteiger partial charge is 0.491 e. The van der Waals surface area contributed by atoms with Crippen LogP contribution < -0.4 is 10.1 Å². The van der Waals surface area contributed by atoms with Crippen LogP contribution in [0.3, 0.4) is 0 Å². The molecule has 2 aromatic heterocycles. The van der Waals surface area contributed by atoms with Crippen molar-refractivity contribution >= 4 is 11.8 Å². The van der Waals surface area contributed by atoms with E-state index in [0.29, 0.717) is 31.0 Å². The Morgan fingerprint density at radius 2 is 2.18 bits per heavy atom. The van der Waals surface area contributed by atoms with Crippen molar-refractivity contribution in [3.05, 3.63) is 47.4 Å². The molecular weight excluding hydrogens is 432 g/mol. The monoisotopic (exact) mass is 468 g/mol. The molecule has 2 aliphatic rings. The summed E-state index contributed by atoms with van der Waals surface area (Å²) < 4.78 is 12.0. The fourth-order valence-corrected chi connectivity index (χ4v) is 4.74. The third-order valence-electron chi connectivity index (χ3n) is 6.38. The lowest BCUT2D eigenvalue weighted by Gasteiger charge is -2.26. The van der Waals surface area contributed by atoms with Gasteiger partial charge < -0.3 is 19.9 Å². The molecule has 8 nitrogen and oxygen atoms in total. The predicted octanol–water partition coefficient (Wildman–Crippen LogP) is 3.86. The molecule has 0 saturated carbocycles. The zero-order valence-electron chi connectivity index (χ0n) is 20.2. The summed E-state index contributed by atoms with van der Waals surface area (Å²) in [6.07, 6.45) is 9.26. The maximum absolute atomic E-state index is 12.2. The van der Waals surface area contributed by atoms with E-state index in [2.05, 4.69) is 22.4 Å². The highest BCUT2D eigenvalue weighted by Crippen LogP contribution is 2.32. The van der Waals surface area contributed by atoms with Crippen molar-refractivity contribution in [2.75, 3.05) is 31.6 Å². The summed E-state index contributed by atoms with van der Waals surface area (Å²) in [6.45, 7) is 6.80. The zero-order valence-corrected chi connectivity index (χ0v) is 20.2. The first-order chi connectivity index (χ1) is 16.5. The number of pyridine rings is 2. The molecule has 0 amide bonds. The van der Waals surface area contributed by atoms with Gasteiger partial charge in [0.1, 0.15) is 17.6 Å². The summed E-state index contributed by atoms with van der Waals surface area (Å²) in [5.74, 6) is 0.733. The van der Waals surface area contributed by atoms with E-state index in [9.17, 15) is 9.90 Å². The van der Waals surface area contributed by atoms with Crippen LogP contribution in [-0.4, -0.2) is 64.4 Å². The van der Waals surface area contributed by atoms with E-state index in [1.807, 2.05) is 18.7 Å². The Labute approximate surface area is 201 Å². The number of hydrogen-bond acceptors (Lipinski definition) is 7. The van der Waals surface area contributed by atoms with Crippen LogP contribution in [0.25, 0.3) is 0 Å². The Balaban J connectivity index is 1.24. The lowest BCUT2D eigenvalue weighted by atomic mass is 10.1. The molecule has 2 aliphatic heterocycles. The van der Waals surface area contributed by atoms with Crippen LogP contribution in [-0.2, 0) is 22.4 Å². The second-order valence-electron chi connectivity index (χ2n) is 9.40. The number of carboxylic acid groups (broad SMARTS) is 1. The molecule has 0 aromatic carbocycles. The van der Waals surface area contributed by atoms with Gasteiger partial charge in [0, 0.05) is 49.9 Å². The van der Waals surface area contributed by atoms with E-state index in [1.165, 1.54) is 12.0 Å². The van der Waals surface area contributed by atoms with Gasteiger partial charge in [-0.3, -0.25) is 14.7 Å². The second kappa shape index (κ2) is 11.6. The van der Waals surface area contributed by atoms with Gasteiger partial charge in [-0.2, -0.15) is 0 Å². The molecule has 4 rings (SSSR count).